The molecule has 0 radical (unpaired) electrons. The smallest absolute Gasteiger partial charge is 0.227 e. The minimum atomic E-state index is -3.39. The Morgan fingerprint density at radius 2 is 1.79 bits per heavy atom. The number of carbonyl (C=O) groups is 1. The molecule has 3 rings (SSSR count). The van der Waals surface area contributed by atoms with Crippen molar-refractivity contribution in [1.29, 1.82) is 0 Å². The number of hydrogen-bond donors (Lipinski definition) is 1. The van der Waals surface area contributed by atoms with Gasteiger partial charge in [0.2, 0.25) is 15.9 Å². The zero-order valence-corrected chi connectivity index (χ0v) is 18.3. The molecule has 5 nitrogen and oxygen atoms in total. The largest absolute Gasteiger partial charge is 0.326 e. The van der Waals surface area contributed by atoms with E-state index in [1.807, 2.05) is 48.5 Å². The monoisotopic (exact) mass is 464 g/mol. The van der Waals surface area contributed by atoms with Crippen molar-refractivity contribution >= 4 is 37.5 Å². The van der Waals surface area contributed by atoms with Gasteiger partial charge in [-0.3, -0.25) is 4.79 Å². The predicted molar refractivity (Wildman–Crippen MR) is 116 cm³/mol. The summed E-state index contributed by atoms with van der Waals surface area (Å²) in [6.07, 6.45) is 2.04. The normalized spacial score (nSPS) is 16.1. The van der Waals surface area contributed by atoms with Crippen molar-refractivity contribution < 1.29 is 13.2 Å². The number of anilines is 1. The van der Waals surface area contributed by atoms with Gasteiger partial charge in [0.25, 0.3) is 0 Å². The van der Waals surface area contributed by atoms with Gasteiger partial charge in [-0.25, -0.2) is 12.7 Å². The molecular formula is C21H25BrN2O3S. The summed E-state index contributed by atoms with van der Waals surface area (Å²) < 4.78 is 27.8. The summed E-state index contributed by atoms with van der Waals surface area (Å²) in [5, 5.41) is 2.95. The van der Waals surface area contributed by atoms with Crippen LogP contribution in [0.25, 0.3) is 0 Å². The molecule has 150 valence electrons. The van der Waals surface area contributed by atoms with E-state index in [1.54, 1.807) is 0 Å². The number of rotatable bonds is 6. The fourth-order valence-electron chi connectivity index (χ4n) is 3.39. The summed E-state index contributed by atoms with van der Waals surface area (Å²) in [6, 6.07) is 15.2. The van der Waals surface area contributed by atoms with E-state index in [4.69, 9.17) is 0 Å². The molecule has 1 N–H and O–H groups in total. The van der Waals surface area contributed by atoms with Crippen LogP contribution in [0.5, 0.6) is 0 Å². The lowest BCUT2D eigenvalue weighted by Crippen LogP contribution is -2.41. The second-order valence-corrected chi connectivity index (χ2v) is 9.98. The Kier molecular flexibility index (Phi) is 6.91. The summed E-state index contributed by atoms with van der Waals surface area (Å²) in [5.41, 5.74) is 2.76. The zero-order chi connectivity index (χ0) is 20.1. The highest BCUT2D eigenvalue weighted by molar-refractivity contribution is 9.10. The van der Waals surface area contributed by atoms with Crippen LogP contribution in [0.4, 0.5) is 5.69 Å². The lowest BCUT2D eigenvalue weighted by molar-refractivity contribution is -0.120. The van der Waals surface area contributed by atoms with Gasteiger partial charge in [-0.05, 0) is 54.7 Å². The van der Waals surface area contributed by atoms with Gasteiger partial charge in [0.1, 0.15) is 0 Å². The van der Waals surface area contributed by atoms with Gasteiger partial charge in [0.05, 0.1) is 5.75 Å². The van der Waals surface area contributed by atoms with Gasteiger partial charge in [0, 0.05) is 29.2 Å². The number of carbonyl (C=O) groups excluding carboxylic acids is 1. The maximum absolute atomic E-state index is 12.7. The molecule has 0 saturated carbocycles. The Hall–Kier alpha value is -1.70. The molecule has 0 bridgehead atoms. The molecule has 1 amide bonds. The van der Waals surface area contributed by atoms with Crippen LogP contribution < -0.4 is 5.32 Å². The summed E-state index contributed by atoms with van der Waals surface area (Å²) >= 11 is 3.37. The second-order valence-electron chi connectivity index (χ2n) is 7.10. The maximum atomic E-state index is 12.7. The van der Waals surface area contributed by atoms with E-state index in [2.05, 4.69) is 28.2 Å². The number of hydrogen-bond acceptors (Lipinski definition) is 3. The molecule has 1 fully saturated rings. The number of sulfonamides is 1. The standard InChI is InChI=1S/C21H25BrN2O3S/c1-2-16-6-8-20(9-7-16)23-21(25)18-10-12-24(13-11-18)28(26,27)15-17-4-3-5-19(22)14-17/h3-9,14,18H,2,10-13,15H2,1H3,(H,23,25). The van der Waals surface area contributed by atoms with E-state index in [0.717, 1.165) is 22.1 Å². The summed E-state index contributed by atoms with van der Waals surface area (Å²) in [4.78, 5) is 12.5. The van der Waals surface area contributed by atoms with E-state index in [0.29, 0.717) is 25.9 Å². The van der Waals surface area contributed by atoms with Crippen LogP contribution in [-0.2, 0) is 27.0 Å². The lowest BCUT2D eigenvalue weighted by atomic mass is 9.97. The molecule has 0 atom stereocenters. The Morgan fingerprint density at radius 1 is 1.11 bits per heavy atom. The highest BCUT2D eigenvalue weighted by atomic mass is 79.9. The first-order chi connectivity index (χ1) is 13.4. The van der Waals surface area contributed by atoms with Crippen molar-refractivity contribution in [3.63, 3.8) is 0 Å². The van der Waals surface area contributed by atoms with Gasteiger partial charge >= 0.3 is 0 Å². The van der Waals surface area contributed by atoms with Crippen molar-refractivity contribution in [2.24, 2.45) is 5.92 Å². The number of piperidine rings is 1. The average molecular weight is 465 g/mol. The summed E-state index contributed by atoms with van der Waals surface area (Å²) in [6.45, 7) is 2.85. The topological polar surface area (TPSA) is 66.5 Å². The van der Waals surface area contributed by atoms with Crippen LogP contribution in [0.1, 0.15) is 30.9 Å². The van der Waals surface area contributed by atoms with E-state index in [1.165, 1.54) is 9.87 Å². The molecule has 1 aliphatic rings. The third-order valence-corrected chi connectivity index (χ3v) is 7.43. The van der Waals surface area contributed by atoms with E-state index >= 15 is 0 Å². The van der Waals surface area contributed by atoms with Crippen molar-refractivity contribution in [1.82, 2.24) is 4.31 Å². The highest BCUT2D eigenvalue weighted by Crippen LogP contribution is 2.24. The Labute approximate surface area is 175 Å². The number of amides is 1. The first kappa shape index (κ1) is 21.0. The van der Waals surface area contributed by atoms with E-state index in [9.17, 15) is 13.2 Å². The Bertz CT molecular complexity index is 921. The van der Waals surface area contributed by atoms with Crippen LogP contribution in [0.2, 0.25) is 0 Å². The number of halogens is 1. The number of aryl methyl sites for hydroxylation is 1. The Balaban J connectivity index is 1.54. The van der Waals surface area contributed by atoms with E-state index < -0.39 is 10.0 Å². The predicted octanol–water partition coefficient (Wildman–Crippen LogP) is 4.19. The SMILES string of the molecule is CCc1ccc(NC(=O)C2CCN(S(=O)(=O)Cc3cccc(Br)c3)CC2)cc1. The first-order valence-electron chi connectivity index (χ1n) is 9.49. The minimum absolute atomic E-state index is 0.0208. The molecule has 7 heteroatoms. The van der Waals surface area contributed by atoms with E-state index in [-0.39, 0.29) is 17.6 Å². The van der Waals surface area contributed by atoms with Crippen molar-refractivity contribution in [2.45, 2.75) is 31.9 Å². The first-order valence-corrected chi connectivity index (χ1v) is 11.9. The fraction of sp³-hybridized carbons (Fsp3) is 0.381. The van der Waals surface area contributed by atoms with Gasteiger partial charge < -0.3 is 5.32 Å². The quantitative estimate of drug-likeness (QED) is 0.696. The van der Waals surface area contributed by atoms with Crippen LogP contribution in [-0.4, -0.2) is 31.7 Å². The third kappa shape index (κ3) is 5.43. The summed E-state index contributed by atoms with van der Waals surface area (Å²) in [5.74, 6) is -0.218. The van der Waals surface area contributed by atoms with Gasteiger partial charge in [-0.15, -0.1) is 0 Å². The molecule has 0 spiro atoms. The van der Waals surface area contributed by atoms with Gasteiger partial charge in [-0.1, -0.05) is 47.1 Å². The molecule has 0 aliphatic carbocycles. The van der Waals surface area contributed by atoms with Crippen molar-refractivity contribution in [3.05, 3.63) is 64.1 Å². The average Bonchev–Trinajstić information content (AvgIpc) is 2.68. The Morgan fingerprint density at radius 3 is 2.39 bits per heavy atom. The lowest BCUT2D eigenvalue weighted by Gasteiger charge is -2.30. The summed E-state index contributed by atoms with van der Waals surface area (Å²) in [7, 11) is -3.39. The van der Waals surface area contributed by atoms with Crippen LogP contribution >= 0.6 is 15.9 Å². The van der Waals surface area contributed by atoms with Crippen LogP contribution in [0, 0.1) is 5.92 Å². The van der Waals surface area contributed by atoms with Gasteiger partial charge in [0.15, 0.2) is 0 Å². The molecule has 0 unspecified atom stereocenters. The third-order valence-electron chi connectivity index (χ3n) is 5.09. The molecule has 2 aromatic carbocycles. The number of benzene rings is 2. The van der Waals surface area contributed by atoms with Crippen molar-refractivity contribution in [2.75, 3.05) is 18.4 Å². The molecule has 2 aromatic rings. The molecule has 28 heavy (non-hydrogen) atoms. The fourth-order valence-corrected chi connectivity index (χ4v) is 5.39. The van der Waals surface area contributed by atoms with Crippen molar-refractivity contribution in [3.8, 4) is 0 Å². The zero-order valence-electron chi connectivity index (χ0n) is 15.9. The number of nitrogens with one attached hydrogen (secondary N) is 1. The molecular weight excluding hydrogens is 440 g/mol. The molecule has 1 saturated heterocycles. The van der Waals surface area contributed by atoms with Crippen LogP contribution in [0.3, 0.4) is 0 Å². The maximum Gasteiger partial charge on any atom is 0.227 e. The molecule has 1 aliphatic heterocycles. The molecule has 1 heterocycles. The second kappa shape index (κ2) is 9.20. The highest BCUT2D eigenvalue weighted by Gasteiger charge is 2.31. The molecule has 0 aromatic heterocycles. The van der Waals surface area contributed by atoms with Crippen LogP contribution in [0.15, 0.2) is 53.0 Å². The number of nitrogens with zero attached hydrogens (tertiary/aromatic N) is 1. The minimum Gasteiger partial charge on any atom is -0.326 e. The van der Waals surface area contributed by atoms with Gasteiger partial charge in [-0.2, -0.15) is 0 Å².